The van der Waals surface area contributed by atoms with Crippen LogP contribution in [0.4, 0.5) is 10.1 Å². The van der Waals surface area contributed by atoms with Gasteiger partial charge in [0.15, 0.2) is 0 Å². The lowest BCUT2D eigenvalue weighted by atomic mass is 9.92. The number of nitrogen functional groups attached to an aromatic ring is 1. The molecule has 0 aliphatic heterocycles. The molecule has 0 bridgehead atoms. The molecule has 2 aromatic carbocycles. The van der Waals surface area contributed by atoms with Crippen molar-refractivity contribution in [1.82, 2.24) is 5.32 Å². The van der Waals surface area contributed by atoms with Gasteiger partial charge >= 0.3 is 5.97 Å². The molecule has 0 saturated carbocycles. The summed E-state index contributed by atoms with van der Waals surface area (Å²) in [6, 6.07) is 7.37. The molecule has 0 spiro atoms. The van der Waals surface area contributed by atoms with E-state index in [-0.39, 0.29) is 16.3 Å². The van der Waals surface area contributed by atoms with Crippen molar-refractivity contribution in [1.29, 1.82) is 0 Å². The highest BCUT2D eigenvalue weighted by atomic mass is 35.5. The number of nitrogens with two attached hydrogens (primary N) is 1. The third-order valence-corrected chi connectivity index (χ3v) is 6.02. The number of aliphatic carboxylic acids is 1. The SMILES string of the molecule is Nc1c(Cl)cc(C(O)CNCCCCCCC(C(=O)O)c2c(F)cccc2Cl)cc1Cl. The summed E-state index contributed by atoms with van der Waals surface area (Å²) in [5.41, 5.74) is 6.62. The smallest absolute Gasteiger partial charge is 0.311 e. The Morgan fingerprint density at radius 1 is 1.06 bits per heavy atom. The third-order valence-electron chi connectivity index (χ3n) is 5.07. The largest absolute Gasteiger partial charge is 0.481 e. The second-order valence-corrected chi connectivity index (χ2v) is 8.57. The molecule has 0 amide bonds. The van der Waals surface area contributed by atoms with Crippen LogP contribution in [0.3, 0.4) is 0 Å². The Balaban J connectivity index is 1.68. The molecule has 2 rings (SSSR count). The number of nitrogens with one attached hydrogen (secondary N) is 1. The molecule has 0 heterocycles. The molecule has 2 atom stereocenters. The van der Waals surface area contributed by atoms with Crippen LogP contribution in [0.15, 0.2) is 30.3 Å². The maximum absolute atomic E-state index is 14.0. The van der Waals surface area contributed by atoms with Crippen molar-refractivity contribution in [2.24, 2.45) is 0 Å². The summed E-state index contributed by atoms with van der Waals surface area (Å²) in [5, 5.41) is 23.6. The predicted octanol–water partition coefficient (Wildman–Crippen LogP) is 5.81. The van der Waals surface area contributed by atoms with Crippen molar-refractivity contribution in [3.63, 3.8) is 0 Å². The van der Waals surface area contributed by atoms with Crippen LogP contribution in [-0.2, 0) is 4.79 Å². The molecule has 0 aliphatic rings. The highest BCUT2D eigenvalue weighted by molar-refractivity contribution is 6.38. The van der Waals surface area contributed by atoms with Crippen LogP contribution in [0.5, 0.6) is 0 Å². The van der Waals surface area contributed by atoms with E-state index in [0.717, 1.165) is 19.3 Å². The van der Waals surface area contributed by atoms with E-state index in [9.17, 15) is 19.4 Å². The quantitative estimate of drug-likeness (QED) is 0.222. The van der Waals surface area contributed by atoms with Crippen LogP contribution in [0.2, 0.25) is 15.1 Å². The summed E-state index contributed by atoms with van der Waals surface area (Å²) < 4.78 is 14.0. The molecule has 5 N–H and O–H groups in total. The molecular weight excluding hydrogens is 466 g/mol. The Bertz CT molecular complexity index is 855. The minimum absolute atomic E-state index is 0.0511. The fourth-order valence-corrected chi connectivity index (χ4v) is 4.14. The Morgan fingerprint density at radius 2 is 1.71 bits per heavy atom. The van der Waals surface area contributed by atoms with E-state index in [1.807, 2.05) is 0 Å². The average Bonchev–Trinajstić information content (AvgIpc) is 2.71. The summed E-state index contributed by atoms with van der Waals surface area (Å²) in [7, 11) is 0. The number of hydrogen-bond donors (Lipinski definition) is 4. The van der Waals surface area contributed by atoms with E-state index in [1.165, 1.54) is 18.2 Å². The number of carboxylic acids is 1. The summed E-state index contributed by atoms with van der Waals surface area (Å²) >= 11 is 18.0. The van der Waals surface area contributed by atoms with Gasteiger partial charge in [0, 0.05) is 17.1 Å². The highest BCUT2D eigenvalue weighted by Gasteiger charge is 2.25. The van der Waals surface area contributed by atoms with Gasteiger partial charge in [-0.1, -0.05) is 60.1 Å². The van der Waals surface area contributed by atoms with E-state index in [2.05, 4.69) is 5.32 Å². The second kappa shape index (κ2) is 12.5. The number of rotatable bonds is 12. The second-order valence-electron chi connectivity index (χ2n) is 7.35. The number of anilines is 1. The molecular formula is C22H26Cl3FN2O3. The number of carboxylic acid groups (broad SMARTS) is 1. The van der Waals surface area contributed by atoms with Gasteiger partial charge in [-0.2, -0.15) is 0 Å². The van der Waals surface area contributed by atoms with Gasteiger partial charge in [-0.3, -0.25) is 4.79 Å². The number of hydrogen-bond acceptors (Lipinski definition) is 4. The highest BCUT2D eigenvalue weighted by Crippen LogP contribution is 2.32. The van der Waals surface area contributed by atoms with Crippen molar-refractivity contribution < 1.29 is 19.4 Å². The summed E-state index contributed by atoms with van der Waals surface area (Å²) in [6.07, 6.45) is 2.74. The Hall–Kier alpha value is -1.57. The van der Waals surface area contributed by atoms with Crippen molar-refractivity contribution in [2.45, 2.75) is 44.1 Å². The van der Waals surface area contributed by atoms with Crippen LogP contribution < -0.4 is 11.1 Å². The fourth-order valence-electron chi connectivity index (χ4n) is 3.34. The van der Waals surface area contributed by atoms with E-state index >= 15 is 0 Å². The topological polar surface area (TPSA) is 95.6 Å². The first-order valence-electron chi connectivity index (χ1n) is 10.0. The first-order valence-corrected chi connectivity index (χ1v) is 11.2. The number of unbranched alkanes of at least 4 members (excludes halogenated alkanes) is 3. The average molecular weight is 492 g/mol. The number of benzene rings is 2. The van der Waals surface area contributed by atoms with Gasteiger partial charge in [0.1, 0.15) is 5.82 Å². The molecule has 0 aliphatic carbocycles. The zero-order chi connectivity index (χ0) is 23.0. The van der Waals surface area contributed by atoms with Gasteiger partial charge in [0.2, 0.25) is 0 Å². The van der Waals surface area contributed by atoms with Crippen molar-refractivity contribution in [2.75, 3.05) is 18.8 Å². The first-order chi connectivity index (χ1) is 14.7. The Kier molecular flexibility index (Phi) is 10.3. The van der Waals surface area contributed by atoms with Gasteiger partial charge in [0.25, 0.3) is 0 Å². The van der Waals surface area contributed by atoms with Gasteiger partial charge in [-0.25, -0.2) is 4.39 Å². The first kappa shape index (κ1) is 25.7. The van der Waals surface area contributed by atoms with Crippen LogP contribution >= 0.6 is 34.8 Å². The maximum Gasteiger partial charge on any atom is 0.311 e. The molecule has 2 aromatic rings. The molecule has 2 unspecified atom stereocenters. The van der Waals surface area contributed by atoms with E-state index in [1.54, 1.807) is 12.1 Å². The standard InChI is InChI=1S/C22H26Cl3FN2O3/c23-15-7-5-8-18(26)20(15)14(22(30)31)6-3-1-2-4-9-28-12-19(29)13-10-16(24)21(27)17(25)11-13/h5,7-8,10-11,14,19,28-29H,1-4,6,9,12,27H2,(H,30,31). The number of aliphatic hydroxyl groups excluding tert-OH is 1. The van der Waals surface area contributed by atoms with Crippen molar-refractivity contribution >= 4 is 46.5 Å². The number of halogens is 4. The minimum Gasteiger partial charge on any atom is -0.481 e. The van der Waals surface area contributed by atoms with Crippen LogP contribution in [0.1, 0.15) is 55.3 Å². The Morgan fingerprint density at radius 3 is 2.32 bits per heavy atom. The van der Waals surface area contributed by atoms with Crippen LogP contribution in [-0.4, -0.2) is 29.3 Å². The van der Waals surface area contributed by atoms with Crippen molar-refractivity contribution in [3.8, 4) is 0 Å². The van der Waals surface area contributed by atoms with Gasteiger partial charge in [-0.05, 0) is 49.2 Å². The normalized spacial score (nSPS) is 13.2. The molecule has 0 radical (unpaired) electrons. The summed E-state index contributed by atoms with van der Waals surface area (Å²) in [4.78, 5) is 11.6. The van der Waals surface area contributed by atoms with E-state index in [0.29, 0.717) is 41.5 Å². The Labute approximate surface area is 196 Å². The molecule has 170 valence electrons. The fraction of sp³-hybridized carbons (Fsp3) is 0.409. The van der Waals surface area contributed by atoms with Gasteiger partial charge < -0.3 is 21.3 Å². The molecule has 0 aromatic heterocycles. The lowest BCUT2D eigenvalue weighted by Crippen LogP contribution is -2.22. The zero-order valence-corrected chi connectivity index (χ0v) is 19.2. The van der Waals surface area contributed by atoms with Gasteiger partial charge in [-0.15, -0.1) is 0 Å². The molecule has 9 heteroatoms. The monoisotopic (exact) mass is 490 g/mol. The molecule has 31 heavy (non-hydrogen) atoms. The number of aliphatic hydroxyl groups is 1. The minimum atomic E-state index is -1.08. The van der Waals surface area contributed by atoms with E-state index in [4.69, 9.17) is 40.5 Å². The van der Waals surface area contributed by atoms with Crippen LogP contribution in [0, 0.1) is 5.82 Å². The third kappa shape index (κ3) is 7.51. The summed E-state index contributed by atoms with van der Waals surface area (Å²) in [6.45, 7) is 1.03. The molecule has 0 fully saturated rings. The zero-order valence-electron chi connectivity index (χ0n) is 16.9. The van der Waals surface area contributed by atoms with Crippen LogP contribution in [0.25, 0.3) is 0 Å². The number of carbonyl (C=O) groups is 1. The van der Waals surface area contributed by atoms with E-state index < -0.39 is 23.8 Å². The maximum atomic E-state index is 14.0. The van der Waals surface area contributed by atoms with Gasteiger partial charge in [0.05, 0.1) is 27.8 Å². The molecule has 5 nitrogen and oxygen atoms in total. The predicted molar refractivity (Wildman–Crippen MR) is 124 cm³/mol. The lowest BCUT2D eigenvalue weighted by Gasteiger charge is -2.15. The molecule has 0 saturated heterocycles. The lowest BCUT2D eigenvalue weighted by molar-refractivity contribution is -0.139. The van der Waals surface area contributed by atoms with Crippen molar-refractivity contribution in [3.05, 3.63) is 62.3 Å². The summed E-state index contributed by atoms with van der Waals surface area (Å²) in [5.74, 6) is -2.63.